The SMILES string of the molecule is CN(CC1CCCN1)c1ccccc1S(=O)(=O)NC1CC1. The van der Waals surface area contributed by atoms with E-state index >= 15 is 0 Å². The summed E-state index contributed by atoms with van der Waals surface area (Å²) in [6.07, 6.45) is 4.24. The Hall–Kier alpha value is -1.11. The third-order valence-corrected chi connectivity index (χ3v) is 5.69. The molecule has 1 aromatic rings. The quantitative estimate of drug-likeness (QED) is 0.832. The molecule has 0 amide bonds. The molecule has 1 aliphatic heterocycles. The molecule has 0 radical (unpaired) electrons. The number of likely N-dealkylation sites (N-methyl/N-ethyl adjacent to an activating group) is 1. The summed E-state index contributed by atoms with van der Waals surface area (Å²) in [5.41, 5.74) is 0.777. The van der Waals surface area contributed by atoms with Crippen LogP contribution in [-0.2, 0) is 10.0 Å². The van der Waals surface area contributed by atoms with Crippen LogP contribution in [0.1, 0.15) is 25.7 Å². The van der Waals surface area contributed by atoms with Crippen LogP contribution < -0.4 is 14.9 Å². The predicted molar refractivity (Wildman–Crippen MR) is 84.1 cm³/mol. The molecule has 1 saturated heterocycles. The number of benzene rings is 1. The molecule has 1 aliphatic carbocycles. The van der Waals surface area contributed by atoms with Gasteiger partial charge in [0.15, 0.2) is 0 Å². The maximum atomic E-state index is 12.5. The van der Waals surface area contributed by atoms with Gasteiger partial charge in [0.1, 0.15) is 4.90 Å². The highest BCUT2D eigenvalue weighted by molar-refractivity contribution is 7.89. The van der Waals surface area contributed by atoms with Crippen LogP contribution in [0.15, 0.2) is 29.2 Å². The van der Waals surface area contributed by atoms with Gasteiger partial charge in [0.25, 0.3) is 0 Å². The van der Waals surface area contributed by atoms with E-state index in [0.29, 0.717) is 10.9 Å². The first-order chi connectivity index (χ1) is 10.1. The van der Waals surface area contributed by atoms with Crippen molar-refractivity contribution in [2.75, 3.05) is 25.0 Å². The molecule has 0 aromatic heterocycles. The number of anilines is 1. The average molecular weight is 309 g/mol. The largest absolute Gasteiger partial charge is 0.372 e. The van der Waals surface area contributed by atoms with Gasteiger partial charge >= 0.3 is 0 Å². The number of hydrogen-bond donors (Lipinski definition) is 2. The van der Waals surface area contributed by atoms with Crippen molar-refractivity contribution in [2.24, 2.45) is 0 Å². The fourth-order valence-electron chi connectivity index (χ4n) is 2.83. The Labute approximate surface area is 126 Å². The fourth-order valence-corrected chi connectivity index (χ4v) is 4.38. The van der Waals surface area contributed by atoms with E-state index in [-0.39, 0.29) is 6.04 Å². The summed E-state index contributed by atoms with van der Waals surface area (Å²) in [6.45, 7) is 1.89. The molecule has 6 heteroatoms. The van der Waals surface area contributed by atoms with E-state index in [9.17, 15) is 8.42 Å². The van der Waals surface area contributed by atoms with Crippen LogP contribution in [0.5, 0.6) is 0 Å². The predicted octanol–water partition coefficient (Wildman–Crippen LogP) is 1.32. The molecular weight excluding hydrogens is 286 g/mol. The normalized spacial score (nSPS) is 22.4. The molecule has 1 saturated carbocycles. The Kier molecular flexibility index (Phi) is 4.19. The molecule has 0 spiro atoms. The lowest BCUT2D eigenvalue weighted by atomic mass is 10.2. The van der Waals surface area contributed by atoms with Crippen LogP contribution in [0.3, 0.4) is 0 Å². The summed E-state index contributed by atoms with van der Waals surface area (Å²) in [4.78, 5) is 2.43. The van der Waals surface area contributed by atoms with Crippen LogP contribution >= 0.6 is 0 Å². The van der Waals surface area contributed by atoms with Gasteiger partial charge in [-0.05, 0) is 44.4 Å². The molecule has 1 aromatic carbocycles. The van der Waals surface area contributed by atoms with E-state index in [4.69, 9.17) is 0 Å². The first-order valence-corrected chi connectivity index (χ1v) is 9.10. The summed E-state index contributed by atoms with van der Waals surface area (Å²) < 4.78 is 27.7. The number of hydrogen-bond acceptors (Lipinski definition) is 4. The number of para-hydroxylation sites is 1. The van der Waals surface area contributed by atoms with Gasteiger partial charge in [-0.15, -0.1) is 0 Å². The Morgan fingerprint density at radius 3 is 2.71 bits per heavy atom. The van der Waals surface area contributed by atoms with E-state index in [1.165, 1.54) is 6.42 Å². The molecule has 1 heterocycles. The molecule has 2 aliphatic rings. The van der Waals surface area contributed by atoms with E-state index in [0.717, 1.165) is 38.0 Å². The first-order valence-electron chi connectivity index (χ1n) is 7.62. The maximum Gasteiger partial charge on any atom is 0.242 e. The van der Waals surface area contributed by atoms with Crippen molar-refractivity contribution in [3.05, 3.63) is 24.3 Å². The average Bonchev–Trinajstić information content (AvgIpc) is 3.11. The number of sulfonamides is 1. The summed E-state index contributed by atoms with van der Waals surface area (Å²) >= 11 is 0. The molecule has 116 valence electrons. The molecule has 1 unspecified atom stereocenters. The van der Waals surface area contributed by atoms with Crippen LogP contribution in [0.2, 0.25) is 0 Å². The van der Waals surface area contributed by atoms with E-state index in [1.807, 2.05) is 24.1 Å². The molecule has 2 N–H and O–H groups in total. The van der Waals surface area contributed by atoms with Crippen molar-refractivity contribution in [2.45, 2.75) is 42.7 Å². The minimum atomic E-state index is -3.42. The molecule has 2 fully saturated rings. The highest BCUT2D eigenvalue weighted by Crippen LogP contribution is 2.28. The number of rotatable bonds is 6. The summed E-state index contributed by atoms with van der Waals surface area (Å²) in [7, 11) is -1.45. The minimum absolute atomic E-state index is 0.130. The van der Waals surface area contributed by atoms with Crippen molar-refractivity contribution in [3.8, 4) is 0 Å². The fraction of sp³-hybridized carbons (Fsp3) is 0.600. The minimum Gasteiger partial charge on any atom is -0.372 e. The lowest BCUT2D eigenvalue weighted by molar-refractivity contribution is 0.577. The van der Waals surface area contributed by atoms with E-state index in [2.05, 4.69) is 10.0 Å². The topological polar surface area (TPSA) is 61.4 Å². The summed E-state index contributed by atoms with van der Waals surface area (Å²) in [5.74, 6) is 0. The Bertz CT molecular complexity index is 593. The van der Waals surface area contributed by atoms with Crippen LogP contribution in [0.4, 0.5) is 5.69 Å². The number of nitrogens with zero attached hydrogens (tertiary/aromatic N) is 1. The third-order valence-electron chi connectivity index (χ3n) is 4.12. The second-order valence-electron chi connectivity index (χ2n) is 6.04. The van der Waals surface area contributed by atoms with Crippen molar-refractivity contribution in [1.29, 1.82) is 0 Å². The van der Waals surface area contributed by atoms with Gasteiger partial charge < -0.3 is 10.2 Å². The molecule has 3 rings (SSSR count). The van der Waals surface area contributed by atoms with E-state index < -0.39 is 10.0 Å². The monoisotopic (exact) mass is 309 g/mol. The molecule has 21 heavy (non-hydrogen) atoms. The van der Waals surface area contributed by atoms with E-state index in [1.54, 1.807) is 12.1 Å². The first kappa shape index (κ1) is 14.8. The maximum absolute atomic E-state index is 12.5. The lowest BCUT2D eigenvalue weighted by Crippen LogP contribution is -2.36. The standard InChI is InChI=1S/C15H23N3O2S/c1-18(11-13-5-4-10-16-13)14-6-2-3-7-15(14)21(19,20)17-12-8-9-12/h2-3,6-7,12-13,16-17H,4-5,8-11H2,1H3. The Morgan fingerprint density at radius 1 is 1.29 bits per heavy atom. The molecule has 0 bridgehead atoms. The Balaban J connectivity index is 1.80. The summed E-state index contributed by atoms with van der Waals surface area (Å²) in [6, 6.07) is 7.83. The van der Waals surface area contributed by atoms with Crippen LogP contribution in [0.25, 0.3) is 0 Å². The molecule has 1 atom stereocenters. The highest BCUT2D eigenvalue weighted by atomic mass is 32.2. The zero-order valence-corrected chi connectivity index (χ0v) is 13.2. The second-order valence-corrected chi connectivity index (χ2v) is 7.72. The van der Waals surface area contributed by atoms with Gasteiger partial charge in [-0.25, -0.2) is 13.1 Å². The van der Waals surface area contributed by atoms with Gasteiger partial charge in [0, 0.05) is 25.7 Å². The smallest absolute Gasteiger partial charge is 0.242 e. The van der Waals surface area contributed by atoms with Gasteiger partial charge in [-0.1, -0.05) is 12.1 Å². The third kappa shape index (κ3) is 3.56. The highest BCUT2D eigenvalue weighted by Gasteiger charge is 2.30. The van der Waals surface area contributed by atoms with Gasteiger partial charge in [-0.3, -0.25) is 0 Å². The van der Waals surface area contributed by atoms with Crippen LogP contribution in [0, 0.1) is 0 Å². The summed E-state index contributed by atoms with van der Waals surface area (Å²) in [5, 5.41) is 3.45. The van der Waals surface area contributed by atoms with Gasteiger partial charge in [0.2, 0.25) is 10.0 Å². The Morgan fingerprint density at radius 2 is 2.05 bits per heavy atom. The van der Waals surface area contributed by atoms with Gasteiger partial charge in [-0.2, -0.15) is 0 Å². The second kappa shape index (κ2) is 5.94. The van der Waals surface area contributed by atoms with Crippen LogP contribution in [-0.4, -0.2) is 40.6 Å². The van der Waals surface area contributed by atoms with Crippen molar-refractivity contribution in [1.82, 2.24) is 10.0 Å². The molecular formula is C15H23N3O2S. The van der Waals surface area contributed by atoms with Crippen molar-refractivity contribution < 1.29 is 8.42 Å². The zero-order valence-electron chi connectivity index (χ0n) is 12.4. The van der Waals surface area contributed by atoms with Crippen molar-refractivity contribution in [3.63, 3.8) is 0 Å². The number of nitrogens with one attached hydrogen (secondary N) is 2. The van der Waals surface area contributed by atoms with Crippen molar-refractivity contribution >= 4 is 15.7 Å². The zero-order chi connectivity index (χ0) is 14.9. The lowest BCUT2D eigenvalue weighted by Gasteiger charge is -2.25. The van der Waals surface area contributed by atoms with Gasteiger partial charge in [0.05, 0.1) is 5.69 Å². The molecule has 5 nitrogen and oxygen atoms in total.